The number of carbonyl (C=O) groups is 1. The lowest BCUT2D eigenvalue weighted by molar-refractivity contribution is 0.0683. The summed E-state index contributed by atoms with van der Waals surface area (Å²) >= 11 is 3.27. The predicted molar refractivity (Wildman–Crippen MR) is 67.9 cm³/mol. The first-order valence-electron chi connectivity index (χ1n) is 5.27. The van der Waals surface area contributed by atoms with Crippen LogP contribution in [-0.4, -0.2) is 20.9 Å². The van der Waals surface area contributed by atoms with Gasteiger partial charge in [0.1, 0.15) is 11.3 Å². The standard InChI is InChI=1S/C12H9BrF2N2O2/c1-6-4-7(13)2-3-9(6)17-10(11(14)15)8(5-16-17)12(18)19/h2-5,11H,1H3,(H,18,19). The molecular weight excluding hydrogens is 322 g/mol. The van der Waals surface area contributed by atoms with Crippen molar-refractivity contribution in [3.8, 4) is 5.69 Å². The molecule has 1 aromatic carbocycles. The second-order valence-electron chi connectivity index (χ2n) is 3.89. The van der Waals surface area contributed by atoms with Crippen molar-refractivity contribution >= 4 is 21.9 Å². The molecule has 4 nitrogen and oxygen atoms in total. The lowest BCUT2D eigenvalue weighted by Crippen LogP contribution is -2.08. The largest absolute Gasteiger partial charge is 0.478 e. The van der Waals surface area contributed by atoms with Crippen LogP contribution in [0.1, 0.15) is 28.0 Å². The molecule has 1 heterocycles. The van der Waals surface area contributed by atoms with Gasteiger partial charge in [0.2, 0.25) is 0 Å². The molecule has 7 heteroatoms. The van der Waals surface area contributed by atoms with Crippen molar-refractivity contribution < 1.29 is 18.7 Å². The Morgan fingerprint density at radius 1 is 1.47 bits per heavy atom. The fourth-order valence-corrected chi connectivity index (χ4v) is 2.26. The minimum Gasteiger partial charge on any atom is -0.478 e. The molecule has 0 radical (unpaired) electrons. The average Bonchev–Trinajstić information content (AvgIpc) is 2.73. The first kappa shape index (κ1) is 13.7. The van der Waals surface area contributed by atoms with Crippen molar-refractivity contribution in [2.75, 3.05) is 0 Å². The van der Waals surface area contributed by atoms with Gasteiger partial charge in [0.15, 0.2) is 0 Å². The molecule has 0 unspecified atom stereocenters. The van der Waals surface area contributed by atoms with Crippen LogP contribution in [0, 0.1) is 6.92 Å². The summed E-state index contributed by atoms with van der Waals surface area (Å²) < 4.78 is 27.9. The van der Waals surface area contributed by atoms with Crippen LogP contribution < -0.4 is 0 Å². The molecule has 100 valence electrons. The first-order valence-corrected chi connectivity index (χ1v) is 6.07. The molecule has 2 rings (SSSR count). The maximum atomic E-state index is 13.0. The summed E-state index contributed by atoms with van der Waals surface area (Å²) in [4.78, 5) is 10.9. The fourth-order valence-electron chi connectivity index (χ4n) is 1.78. The first-order chi connectivity index (χ1) is 8.91. The van der Waals surface area contributed by atoms with Crippen molar-refractivity contribution in [1.82, 2.24) is 9.78 Å². The van der Waals surface area contributed by atoms with Gasteiger partial charge in [-0.3, -0.25) is 0 Å². The summed E-state index contributed by atoms with van der Waals surface area (Å²) in [7, 11) is 0. The number of carboxylic acids is 1. The van der Waals surface area contributed by atoms with Crippen LogP contribution >= 0.6 is 15.9 Å². The highest BCUT2D eigenvalue weighted by molar-refractivity contribution is 9.10. The van der Waals surface area contributed by atoms with Crippen LogP contribution in [0.2, 0.25) is 0 Å². The summed E-state index contributed by atoms with van der Waals surface area (Å²) in [5, 5.41) is 12.7. The maximum absolute atomic E-state index is 13.0. The van der Waals surface area contributed by atoms with E-state index in [9.17, 15) is 13.6 Å². The third-order valence-corrected chi connectivity index (χ3v) is 3.12. The van der Waals surface area contributed by atoms with Gasteiger partial charge in [-0.2, -0.15) is 5.10 Å². The third-order valence-electron chi connectivity index (χ3n) is 2.63. The van der Waals surface area contributed by atoms with Gasteiger partial charge in [-0.05, 0) is 30.7 Å². The van der Waals surface area contributed by atoms with Gasteiger partial charge in [-0.15, -0.1) is 0 Å². The molecule has 0 aliphatic heterocycles. The van der Waals surface area contributed by atoms with Gasteiger partial charge in [-0.1, -0.05) is 15.9 Å². The molecule has 0 spiro atoms. The Bertz CT molecular complexity index is 641. The van der Waals surface area contributed by atoms with E-state index in [1.807, 2.05) is 0 Å². The molecule has 0 amide bonds. The average molecular weight is 331 g/mol. The van der Waals surface area contributed by atoms with E-state index >= 15 is 0 Å². The maximum Gasteiger partial charge on any atom is 0.339 e. The Labute approximate surface area is 115 Å². The molecule has 1 N–H and O–H groups in total. The van der Waals surface area contributed by atoms with Gasteiger partial charge in [0, 0.05) is 4.47 Å². The van der Waals surface area contributed by atoms with E-state index in [-0.39, 0.29) is 0 Å². The number of benzene rings is 1. The van der Waals surface area contributed by atoms with Gasteiger partial charge in [-0.25, -0.2) is 18.3 Å². The molecule has 1 aromatic heterocycles. The lowest BCUT2D eigenvalue weighted by Gasteiger charge is -2.10. The van der Waals surface area contributed by atoms with Crippen LogP contribution in [-0.2, 0) is 0 Å². The number of nitrogens with zero attached hydrogens (tertiary/aromatic N) is 2. The van der Waals surface area contributed by atoms with E-state index in [1.54, 1.807) is 25.1 Å². The molecule has 19 heavy (non-hydrogen) atoms. The second-order valence-corrected chi connectivity index (χ2v) is 4.81. The van der Waals surface area contributed by atoms with Crippen LogP contribution in [0.25, 0.3) is 5.69 Å². The summed E-state index contributed by atoms with van der Waals surface area (Å²) in [6, 6.07) is 5.02. The van der Waals surface area contributed by atoms with Crippen molar-refractivity contribution in [1.29, 1.82) is 0 Å². The third kappa shape index (κ3) is 2.51. The zero-order chi connectivity index (χ0) is 14.2. The number of alkyl halides is 2. The Morgan fingerprint density at radius 3 is 2.68 bits per heavy atom. The quantitative estimate of drug-likeness (QED) is 0.935. The van der Waals surface area contributed by atoms with Crippen molar-refractivity contribution in [3.05, 3.63) is 45.7 Å². The van der Waals surface area contributed by atoms with E-state index in [0.29, 0.717) is 11.3 Å². The second kappa shape index (κ2) is 5.08. The number of rotatable bonds is 3. The molecule has 0 atom stereocenters. The minimum absolute atomic E-state index is 0.422. The molecule has 0 bridgehead atoms. The van der Waals surface area contributed by atoms with Crippen LogP contribution in [0.5, 0.6) is 0 Å². The Hall–Kier alpha value is -1.76. The topological polar surface area (TPSA) is 55.1 Å². The van der Waals surface area contributed by atoms with Crippen molar-refractivity contribution in [3.63, 3.8) is 0 Å². The number of carboxylic acid groups (broad SMARTS) is 1. The SMILES string of the molecule is Cc1cc(Br)ccc1-n1ncc(C(=O)O)c1C(F)F. The lowest BCUT2D eigenvalue weighted by atomic mass is 10.2. The van der Waals surface area contributed by atoms with E-state index < -0.39 is 23.7 Å². The minimum atomic E-state index is -2.92. The Balaban J connectivity index is 2.65. The summed E-state index contributed by atoms with van der Waals surface area (Å²) in [5.74, 6) is -1.42. The number of aromatic nitrogens is 2. The number of aromatic carboxylic acids is 1. The van der Waals surface area contributed by atoms with E-state index in [2.05, 4.69) is 21.0 Å². The smallest absolute Gasteiger partial charge is 0.339 e. The highest BCUT2D eigenvalue weighted by Crippen LogP contribution is 2.28. The number of hydrogen-bond acceptors (Lipinski definition) is 2. The number of halogens is 3. The highest BCUT2D eigenvalue weighted by atomic mass is 79.9. The fraction of sp³-hybridized carbons (Fsp3) is 0.167. The summed E-state index contributed by atoms with van der Waals surface area (Å²) in [5.41, 5.74) is 0.0255. The van der Waals surface area contributed by atoms with Crippen LogP contribution in [0.15, 0.2) is 28.9 Å². The van der Waals surface area contributed by atoms with Crippen molar-refractivity contribution in [2.24, 2.45) is 0 Å². The Morgan fingerprint density at radius 2 is 2.16 bits per heavy atom. The number of hydrogen-bond donors (Lipinski definition) is 1. The van der Waals surface area contributed by atoms with Gasteiger partial charge in [0.05, 0.1) is 11.9 Å². The van der Waals surface area contributed by atoms with Gasteiger partial charge < -0.3 is 5.11 Å². The highest BCUT2D eigenvalue weighted by Gasteiger charge is 2.25. The van der Waals surface area contributed by atoms with Gasteiger partial charge in [0.25, 0.3) is 6.43 Å². The van der Waals surface area contributed by atoms with Gasteiger partial charge >= 0.3 is 5.97 Å². The van der Waals surface area contributed by atoms with E-state index in [0.717, 1.165) is 15.4 Å². The molecule has 2 aromatic rings. The summed E-state index contributed by atoms with van der Waals surface area (Å²) in [6.07, 6.45) is -1.98. The Kier molecular flexibility index (Phi) is 3.66. The molecule has 0 aliphatic rings. The normalized spacial score (nSPS) is 11.0. The van der Waals surface area contributed by atoms with E-state index in [1.165, 1.54) is 0 Å². The zero-order valence-electron chi connectivity index (χ0n) is 9.77. The summed E-state index contributed by atoms with van der Waals surface area (Å²) in [6.45, 7) is 1.73. The van der Waals surface area contributed by atoms with Crippen LogP contribution in [0.3, 0.4) is 0 Å². The number of aryl methyl sites for hydroxylation is 1. The predicted octanol–water partition coefficient (Wildman–Crippen LogP) is 3.58. The molecule has 0 saturated heterocycles. The van der Waals surface area contributed by atoms with Crippen LogP contribution in [0.4, 0.5) is 8.78 Å². The monoisotopic (exact) mass is 330 g/mol. The van der Waals surface area contributed by atoms with Crippen molar-refractivity contribution in [2.45, 2.75) is 13.3 Å². The molecule has 0 saturated carbocycles. The molecule has 0 aliphatic carbocycles. The van der Waals surface area contributed by atoms with E-state index in [4.69, 9.17) is 5.11 Å². The molecular formula is C12H9BrF2N2O2. The zero-order valence-corrected chi connectivity index (χ0v) is 11.4. The molecule has 0 fully saturated rings.